The molecule has 3 heterocycles. The summed E-state index contributed by atoms with van der Waals surface area (Å²) in [5.74, 6) is 0.564. The number of thioether (sulfide) groups is 1. The van der Waals surface area contributed by atoms with Crippen LogP contribution in [0.15, 0.2) is 57.9 Å². The van der Waals surface area contributed by atoms with E-state index in [4.69, 9.17) is 4.74 Å². The Balaban J connectivity index is 1.57. The summed E-state index contributed by atoms with van der Waals surface area (Å²) in [6, 6.07) is 10.3. The van der Waals surface area contributed by atoms with Crippen molar-refractivity contribution in [2.45, 2.75) is 36.7 Å². The van der Waals surface area contributed by atoms with Crippen molar-refractivity contribution in [1.82, 2.24) is 20.2 Å². The first-order valence-electron chi connectivity index (χ1n) is 10.7. The Bertz CT molecular complexity index is 1190. The minimum atomic E-state index is -0.833. The van der Waals surface area contributed by atoms with Gasteiger partial charge in [0, 0.05) is 20.1 Å². The van der Waals surface area contributed by atoms with E-state index in [2.05, 4.69) is 50.8 Å². The summed E-state index contributed by atoms with van der Waals surface area (Å²) < 4.78 is 5.63. The summed E-state index contributed by atoms with van der Waals surface area (Å²) in [4.78, 5) is 38.9. The molecule has 0 unspecified atom stereocenters. The van der Waals surface area contributed by atoms with Gasteiger partial charge in [0.05, 0.1) is 29.9 Å². The lowest BCUT2D eigenvalue weighted by Crippen LogP contribution is -2.42. The SMILES string of the molecule is C=C(Br)Sc1cc(-c2cnc([C@@H]3CCCN3C(=O)[C@H](NC(=O)OC)c3ccccc3)[nH]2)sc1C. The quantitative estimate of drug-likeness (QED) is 0.337. The number of hydrogen-bond donors (Lipinski definition) is 2. The number of methoxy groups -OCH3 is 1. The summed E-state index contributed by atoms with van der Waals surface area (Å²) >= 11 is 6.68. The zero-order valence-electron chi connectivity index (χ0n) is 18.8. The highest BCUT2D eigenvalue weighted by Gasteiger charge is 2.37. The Morgan fingerprint density at radius 3 is 2.85 bits per heavy atom. The maximum Gasteiger partial charge on any atom is 0.407 e. The predicted molar refractivity (Wildman–Crippen MR) is 139 cm³/mol. The van der Waals surface area contributed by atoms with Crippen LogP contribution in [0.3, 0.4) is 0 Å². The average Bonchev–Trinajstić information content (AvgIpc) is 3.57. The second kappa shape index (κ2) is 10.8. The molecule has 2 amide bonds. The maximum atomic E-state index is 13.6. The third-order valence-electron chi connectivity index (χ3n) is 5.63. The number of benzene rings is 1. The molecule has 178 valence electrons. The Kier molecular flexibility index (Phi) is 7.80. The number of thiophene rings is 1. The van der Waals surface area contributed by atoms with Crippen LogP contribution in [0.4, 0.5) is 4.79 Å². The van der Waals surface area contributed by atoms with Crippen LogP contribution >= 0.6 is 39.0 Å². The molecule has 1 saturated heterocycles. The fourth-order valence-electron chi connectivity index (χ4n) is 4.04. The molecule has 0 aliphatic carbocycles. The van der Waals surface area contributed by atoms with E-state index in [1.807, 2.05) is 36.5 Å². The molecule has 7 nitrogen and oxygen atoms in total. The number of ether oxygens (including phenoxy) is 1. The van der Waals surface area contributed by atoms with E-state index in [0.29, 0.717) is 12.1 Å². The molecule has 10 heteroatoms. The van der Waals surface area contributed by atoms with Crippen LogP contribution in [-0.2, 0) is 9.53 Å². The topological polar surface area (TPSA) is 87.3 Å². The van der Waals surface area contributed by atoms with Crippen molar-refractivity contribution in [1.29, 1.82) is 0 Å². The van der Waals surface area contributed by atoms with Crippen molar-refractivity contribution >= 4 is 51.0 Å². The number of hydrogen-bond acceptors (Lipinski definition) is 6. The molecule has 0 spiro atoms. The van der Waals surface area contributed by atoms with Gasteiger partial charge in [0.15, 0.2) is 0 Å². The molecule has 2 aromatic heterocycles. The predicted octanol–water partition coefficient (Wildman–Crippen LogP) is 6.17. The molecule has 0 bridgehead atoms. The summed E-state index contributed by atoms with van der Waals surface area (Å²) in [5, 5.41) is 2.69. The van der Waals surface area contributed by atoms with Crippen molar-refractivity contribution in [3.63, 3.8) is 0 Å². The summed E-state index contributed by atoms with van der Waals surface area (Å²) in [6.45, 7) is 6.58. The fraction of sp³-hybridized carbons (Fsp3) is 0.292. The minimum absolute atomic E-state index is 0.182. The van der Waals surface area contributed by atoms with Crippen molar-refractivity contribution in [3.8, 4) is 10.6 Å². The number of aromatic nitrogens is 2. The van der Waals surface area contributed by atoms with Gasteiger partial charge in [-0.15, -0.1) is 11.3 Å². The number of halogens is 1. The van der Waals surface area contributed by atoms with Crippen LogP contribution in [0.25, 0.3) is 10.6 Å². The zero-order valence-corrected chi connectivity index (χ0v) is 22.1. The molecule has 1 aromatic carbocycles. The van der Waals surface area contributed by atoms with Crippen molar-refractivity contribution in [2.75, 3.05) is 13.7 Å². The van der Waals surface area contributed by atoms with Gasteiger partial charge in [0.25, 0.3) is 5.91 Å². The molecule has 4 rings (SSSR count). The summed E-state index contributed by atoms with van der Waals surface area (Å²) in [7, 11) is 1.29. The lowest BCUT2D eigenvalue weighted by Gasteiger charge is -2.28. The molecule has 2 N–H and O–H groups in total. The number of aryl methyl sites for hydroxylation is 1. The summed E-state index contributed by atoms with van der Waals surface area (Å²) in [5.41, 5.74) is 1.62. The van der Waals surface area contributed by atoms with Gasteiger partial charge >= 0.3 is 6.09 Å². The van der Waals surface area contributed by atoms with Crippen LogP contribution in [-0.4, -0.2) is 40.5 Å². The number of H-pyrrole nitrogens is 1. The number of imidazole rings is 1. The molecule has 2 atom stereocenters. The lowest BCUT2D eigenvalue weighted by atomic mass is 10.1. The third-order valence-corrected chi connectivity index (χ3v) is 8.20. The molecular weight excluding hydrogens is 536 g/mol. The number of carbonyl (C=O) groups is 2. The molecule has 34 heavy (non-hydrogen) atoms. The van der Waals surface area contributed by atoms with E-state index < -0.39 is 12.1 Å². The highest BCUT2D eigenvalue weighted by Crippen LogP contribution is 2.40. The second-order valence-electron chi connectivity index (χ2n) is 7.84. The molecule has 1 aliphatic heterocycles. The van der Waals surface area contributed by atoms with Gasteiger partial charge in [0.1, 0.15) is 11.9 Å². The van der Waals surface area contributed by atoms with Gasteiger partial charge in [-0.05, 0) is 47.3 Å². The molecule has 0 radical (unpaired) electrons. The second-order valence-corrected chi connectivity index (χ2v) is 11.7. The standard InChI is InChI=1S/C24H25BrN4O3S2/c1-14-19(34-15(2)25)12-20(33-14)17-13-26-22(27-17)18-10-7-11-29(18)23(30)21(28-24(31)32-3)16-8-5-4-6-9-16/h4-6,8-9,12-13,18,21H,2,7,10-11H2,1,3H3,(H,26,27)(H,28,31)/t18-,21+/m0/s1. The Labute approximate surface area is 215 Å². The first kappa shape index (κ1) is 24.6. The number of aromatic amines is 1. The van der Waals surface area contributed by atoms with E-state index in [9.17, 15) is 9.59 Å². The highest BCUT2D eigenvalue weighted by molar-refractivity contribution is 9.14. The van der Waals surface area contributed by atoms with Gasteiger partial charge < -0.3 is 19.9 Å². The summed E-state index contributed by atoms with van der Waals surface area (Å²) in [6.07, 6.45) is 2.83. The first-order chi connectivity index (χ1) is 16.4. The van der Waals surface area contributed by atoms with Crippen molar-refractivity contribution in [3.05, 3.63) is 69.3 Å². The van der Waals surface area contributed by atoms with Crippen LogP contribution in [0.1, 0.15) is 41.2 Å². The van der Waals surface area contributed by atoms with E-state index >= 15 is 0 Å². The number of nitrogens with one attached hydrogen (secondary N) is 2. The number of amides is 2. The van der Waals surface area contributed by atoms with Gasteiger partial charge in [-0.2, -0.15) is 0 Å². The minimum Gasteiger partial charge on any atom is -0.453 e. The van der Waals surface area contributed by atoms with Gasteiger partial charge in [-0.1, -0.05) is 48.7 Å². The van der Waals surface area contributed by atoms with Gasteiger partial charge in [0.2, 0.25) is 0 Å². The Morgan fingerprint density at radius 2 is 2.15 bits per heavy atom. The van der Waals surface area contributed by atoms with Gasteiger partial charge in [-0.3, -0.25) is 4.79 Å². The molecule has 1 fully saturated rings. The highest BCUT2D eigenvalue weighted by atomic mass is 79.9. The number of nitrogens with zero attached hydrogens (tertiary/aromatic N) is 2. The number of carbonyl (C=O) groups excluding carboxylic acids is 2. The normalized spacial score (nSPS) is 16.3. The monoisotopic (exact) mass is 560 g/mol. The smallest absolute Gasteiger partial charge is 0.407 e. The zero-order chi connectivity index (χ0) is 24.2. The first-order valence-corrected chi connectivity index (χ1v) is 13.2. The number of rotatable bonds is 7. The van der Waals surface area contributed by atoms with Crippen LogP contribution in [0.5, 0.6) is 0 Å². The average molecular weight is 562 g/mol. The Hall–Kier alpha value is -2.56. The van der Waals surface area contributed by atoms with Crippen LogP contribution < -0.4 is 5.32 Å². The van der Waals surface area contributed by atoms with Crippen LogP contribution in [0, 0.1) is 6.92 Å². The third kappa shape index (κ3) is 5.39. The Morgan fingerprint density at radius 1 is 1.38 bits per heavy atom. The lowest BCUT2D eigenvalue weighted by molar-refractivity contribution is -0.134. The van der Waals surface area contributed by atoms with E-state index in [1.165, 1.54) is 12.0 Å². The van der Waals surface area contributed by atoms with Crippen molar-refractivity contribution in [2.24, 2.45) is 0 Å². The van der Waals surface area contributed by atoms with Gasteiger partial charge in [-0.25, -0.2) is 9.78 Å². The molecule has 1 aliphatic rings. The fourth-order valence-corrected chi connectivity index (χ4v) is 6.33. The number of likely N-dealkylation sites (tertiary alicyclic amines) is 1. The molecular formula is C24H25BrN4O3S2. The largest absolute Gasteiger partial charge is 0.453 e. The number of alkyl carbamates (subject to hydrolysis) is 1. The van der Waals surface area contributed by atoms with E-state index in [-0.39, 0.29) is 11.9 Å². The van der Waals surface area contributed by atoms with Crippen LogP contribution in [0.2, 0.25) is 0 Å². The maximum absolute atomic E-state index is 13.6. The molecule has 0 saturated carbocycles. The van der Waals surface area contributed by atoms with E-state index in [0.717, 1.165) is 37.9 Å². The van der Waals surface area contributed by atoms with Crippen molar-refractivity contribution < 1.29 is 14.3 Å². The van der Waals surface area contributed by atoms with E-state index in [1.54, 1.807) is 28.0 Å². The molecule has 3 aromatic rings.